The van der Waals surface area contributed by atoms with Crippen LogP contribution in [0, 0.1) is 19.7 Å². The number of tetrazole rings is 1. The van der Waals surface area contributed by atoms with E-state index in [9.17, 15) is 18.7 Å². The van der Waals surface area contributed by atoms with Crippen LogP contribution in [0.1, 0.15) is 53.3 Å². The van der Waals surface area contributed by atoms with Gasteiger partial charge in [-0.3, -0.25) is 14.6 Å². The number of aliphatic carboxylic acids is 1. The summed E-state index contributed by atoms with van der Waals surface area (Å²) in [5.41, 5.74) is 7.91. The van der Waals surface area contributed by atoms with Crippen molar-refractivity contribution in [2.75, 3.05) is 19.6 Å². The molecule has 2 aromatic heterocycles. The minimum absolute atomic E-state index is 0.0798. The first-order chi connectivity index (χ1) is 26.1. The Bertz CT molecular complexity index is 2330. The second kappa shape index (κ2) is 14.7. The van der Waals surface area contributed by atoms with Crippen molar-refractivity contribution in [1.29, 1.82) is 0 Å². The number of hydrogen-bond donors (Lipinski definition) is 2. The Balaban J connectivity index is 1.06. The first kappa shape index (κ1) is 35.4. The molecule has 0 radical (unpaired) electrons. The number of likely N-dealkylation sites (tertiary alicyclic amines) is 2. The minimum Gasteiger partial charge on any atom is -0.480 e. The Hall–Kier alpha value is -5.60. The molecule has 1 unspecified atom stereocenters. The van der Waals surface area contributed by atoms with Gasteiger partial charge in [0.15, 0.2) is 11.4 Å². The van der Waals surface area contributed by atoms with Crippen LogP contribution < -0.4 is 4.74 Å². The van der Waals surface area contributed by atoms with Gasteiger partial charge < -0.3 is 14.3 Å². The summed E-state index contributed by atoms with van der Waals surface area (Å²) in [6.07, 6.45) is 2.08. The third-order valence-electron chi connectivity index (χ3n) is 10.8. The number of carboxylic acids is 1. The third-order valence-corrected chi connectivity index (χ3v) is 10.8. The summed E-state index contributed by atoms with van der Waals surface area (Å²) in [5.74, 6) is -0.114. The number of ether oxygens (including phenoxy) is 1. The molecule has 4 heterocycles. The number of aromatic amines is 1. The van der Waals surface area contributed by atoms with Crippen LogP contribution in [0.25, 0.3) is 44.8 Å². The molecule has 0 bridgehead atoms. The standard InChI is InChI=1S/C40H38F3N7O4/c1-22-28(24-11-12-25(32(41)16-24)19-49-15-13-26(20-49)37-45-47-48-46-37)6-3-7-29(22)30-8-4-9-31(23(30)2)38-44-33-17-27(21-50-14-5-10-34(50)39(51)52)35(54-40(42)43)18-36(33)53-38/h3-4,6-9,11-12,16-18,26,34,40H,5,10,13-15,19-21H2,1-2H3,(H,51,52)(H,45,46,47,48)/t26-,34?/m1/s1. The van der Waals surface area contributed by atoms with Crippen LogP contribution in [0.5, 0.6) is 5.75 Å². The minimum atomic E-state index is -3.07. The van der Waals surface area contributed by atoms with Gasteiger partial charge in [-0.15, -0.1) is 10.2 Å². The van der Waals surface area contributed by atoms with Crippen LogP contribution >= 0.6 is 0 Å². The number of H-pyrrole nitrogens is 1. The highest BCUT2D eigenvalue weighted by Crippen LogP contribution is 2.39. The molecule has 0 saturated carbocycles. The number of carbonyl (C=O) groups is 1. The topological polar surface area (TPSA) is 134 Å². The van der Waals surface area contributed by atoms with E-state index in [1.54, 1.807) is 17.0 Å². The molecular weight excluding hydrogens is 699 g/mol. The van der Waals surface area contributed by atoms with Gasteiger partial charge in [-0.25, -0.2) is 9.37 Å². The summed E-state index contributed by atoms with van der Waals surface area (Å²) >= 11 is 0. The summed E-state index contributed by atoms with van der Waals surface area (Å²) in [4.78, 5) is 20.5. The predicted molar refractivity (Wildman–Crippen MR) is 194 cm³/mol. The van der Waals surface area contributed by atoms with Gasteiger partial charge in [0.25, 0.3) is 0 Å². The van der Waals surface area contributed by atoms with Crippen LogP contribution in [0.4, 0.5) is 13.2 Å². The second-order valence-corrected chi connectivity index (χ2v) is 14.0. The van der Waals surface area contributed by atoms with Crippen molar-refractivity contribution in [2.45, 2.75) is 64.8 Å². The van der Waals surface area contributed by atoms with Crippen molar-refractivity contribution in [3.8, 4) is 39.5 Å². The maximum absolute atomic E-state index is 15.6. The van der Waals surface area contributed by atoms with Crippen molar-refractivity contribution >= 4 is 17.1 Å². The monoisotopic (exact) mass is 737 g/mol. The van der Waals surface area contributed by atoms with Crippen molar-refractivity contribution in [3.05, 3.63) is 101 Å². The Morgan fingerprint density at radius 1 is 0.963 bits per heavy atom. The smallest absolute Gasteiger partial charge is 0.387 e. The van der Waals surface area contributed by atoms with Crippen molar-refractivity contribution in [1.82, 2.24) is 35.4 Å². The summed E-state index contributed by atoms with van der Waals surface area (Å²) in [6, 6.07) is 19.5. The van der Waals surface area contributed by atoms with Gasteiger partial charge in [0.1, 0.15) is 23.1 Å². The van der Waals surface area contributed by atoms with Gasteiger partial charge in [0.05, 0.1) is 0 Å². The first-order valence-electron chi connectivity index (χ1n) is 17.9. The van der Waals surface area contributed by atoms with Gasteiger partial charge in [0, 0.05) is 48.3 Å². The third kappa shape index (κ3) is 6.94. The number of hydrogen-bond acceptors (Lipinski definition) is 9. The quantitative estimate of drug-likeness (QED) is 0.136. The highest BCUT2D eigenvalue weighted by Gasteiger charge is 2.32. The van der Waals surface area contributed by atoms with Gasteiger partial charge in [-0.1, -0.05) is 47.7 Å². The van der Waals surface area contributed by atoms with E-state index < -0.39 is 18.6 Å². The Kier molecular flexibility index (Phi) is 9.63. The normalized spacial score (nSPS) is 18.0. The van der Waals surface area contributed by atoms with Crippen LogP contribution in [-0.4, -0.2) is 78.8 Å². The number of oxazole rings is 1. The summed E-state index contributed by atoms with van der Waals surface area (Å²) in [7, 11) is 0. The zero-order valence-electron chi connectivity index (χ0n) is 29.7. The number of aromatic nitrogens is 5. The van der Waals surface area contributed by atoms with E-state index in [4.69, 9.17) is 14.1 Å². The van der Waals surface area contributed by atoms with Crippen LogP contribution in [0.15, 0.2) is 71.1 Å². The lowest BCUT2D eigenvalue weighted by Crippen LogP contribution is -2.35. The van der Waals surface area contributed by atoms with Gasteiger partial charge in [-0.2, -0.15) is 14.0 Å². The van der Waals surface area contributed by atoms with Crippen molar-refractivity contribution in [3.63, 3.8) is 0 Å². The number of rotatable bonds is 11. The Morgan fingerprint density at radius 2 is 1.72 bits per heavy atom. The highest BCUT2D eigenvalue weighted by molar-refractivity contribution is 5.85. The SMILES string of the molecule is Cc1c(-c2ccc(CN3CC[C@@H](c4nn[nH]n4)C3)c(F)c2)cccc1-c1cccc(-c2nc3cc(CN4CCCC4C(=O)O)c(OC(F)F)cc3o2)c1C. The number of fused-ring (bicyclic) bond motifs is 1. The molecule has 0 spiro atoms. The highest BCUT2D eigenvalue weighted by atomic mass is 19.3. The molecule has 11 nitrogen and oxygen atoms in total. The van der Waals surface area contributed by atoms with Crippen molar-refractivity contribution in [2.24, 2.45) is 0 Å². The molecule has 2 saturated heterocycles. The lowest BCUT2D eigenvalue weighted by molar-refractivity contribution is -0.142. The Labute approximate surface area is 308 Å². The number of benzene rings is 4. The molecule has 2 N–H and O–H groups in total. The van der Waals surface area contributed by atoms with Gasteiger partial charge in [-0.05, 0) is 97.8 Å². The molecule has 2 aliphatic rings. The molecule has 0 aliphatic carbocycles. The number of halogens is 3. The molecule has 6 aromatic rings. The molecule has 4 aromatic carbocycles. The van der Waals surface area contributed by atoms with Crippen LogP contribution in [0.3, 0.4) is 0 Å². The number of nitrogens with one attached hydrogen (secondary N) is 1. The first-order valence-corrected chi connectivity index (χ1v) is 17.9. The summed E-state index contributed by atoms with van der Waals surface area (Å²) in [6.45, 7) is 3.63. The van der Waals surface area contributed by atoms with E-state index in [0.717, 1.165) is 58.5 Å². The zero-order chi connectivity index (χ0) is 37.5. The van der Waals surface area contributed by atoms with E-state index in [1.165, 1.54) is 6.07 Å². The van der Waals surface area contributed by atoms with Crippen LogP contribution in [0.2, 0.25) is 0 Å². The lowest BCUT2D eigenvalue weighted by atomic mass is 9.89. The van der Waals surface area contributed by atoms with Gasteiger partial charge in [0.2, 0.25) is 5.89 Å². The van der Waals surface area contributed by atoms with E-state index in [0.29, 0.717) is 54.3 Å². The van der Waals surface area contributed by atoms with Crippen LogP contribution in [-0.2, 0) is 17.9 Å². The summed E-state index contributed by atoms with van der Waals surface area (Å²) in [5, 5.41) is 24.0. The number of carboxylic acid groups (broad SMARTS) is 1. The molecule has 2 fully saturated rings. The molecule has 8 rings (SSSR count). The average molecular weight is 738 g/mol. The molecule has 14 heteroatoms. The Morgan fingerprint density at radius 3 is 2.44 bits per heavy atom. The maximum atomic E-state index is 15.6. The number of alkyl halides is 2. The number of nitrogens with zero attached hydrogens (tertiary/aromatic N) is 6. The predicted octanol–water partition coefficient (Wildman–Crippen LogP) is 7.74. The van der Waals surface area contributed by atoms with E-state index in [-0.39, 0.29) is 29.6 Å². The largest absolute Gasteiger partial charge is 0.480 e. The average Bonchev–Trinajstić information content (AvgIpc) is 3.97. The lowest BCUT2D eigenvalue weighted by Gasteiger charge is -2.22. The molecule has 0 amide bonds. The fraction of sp³-hybridized carbons (Fsp3) is 0.325. The van der Waals surface area contributed by atoms with E-state index in [1.807, 2.05) is 62.4 Å². The van der Waals surface area contributed by atoms with Crippen molar-refractivity contribution < 1.29 is 32.2 Å². The molecule has 278 valence electrons. The zero-order valence-corrected chi connectivity index (χ0v) is 29.7. The maximum Gasteiger partial charge on any atom is 0.387 e. The molecule has 2 atom stereocenters. The van der Waals surface area contributed by atoms with E-state index >= 15 is 4.39 Å². The van der Waals surface area contributed by atoms with Gasteiger partial charge >= 0.3 is 12.6 Å². The summed E-state index contributed by atoms with van der Waals surface area (Å²) < 4.78 is 53.6. The molecule has 54 heavy (non-hydrogen) atoms. The second-order valence-electron chi connectivity index (χ2n) is 14.0. The fourth-order valence-corrected chi connectivity index (χ4v) is 7.97. The fourth-order valence-electron chi connectivity index (χ4n) is 7.97. The van der Waals surface area contributed by atoms with E-state index in [2.05, 4.69) is 25.5 Å². The molecule has 2 aliphatic heterocycles. The molecular formula is C40H38F3N7O4.